The third kappa shape index (κ3) is 4.56. The van der Waals surface area contributed by atoms with Crippen LogP contribution in [0.25, 0.3) is 39.1 Å². The molecule has 2 N–H and O–H groups in total. The average Bonchev–Trinajstić information content (AvgIpc) is 3.24. The standard InChI is InChI=1S/C26H16F3N3O3/c27-26(28,29)35-16-10-11-18-17(14-16)23(15-6-2-1-3-7-15)24(25(34)32-18)21(33)12-13-22-30-19-8-4-5-9-20(19)31-22/h1-14H,(H,30,31)(H,32,34). The summed E-state index contributed by atoms with van der Waals surface area (Å²) in [4.78, 5) is 36.3. The fraction of sp³-hybridized carbons (Fsp3) is 0.0385. The molecule has 0 unspecified atom stereocenters. The minimum Gasteiger partial charge on any atom is -0.406 e. The largest absolute Gasteiger partial charge is 0.573 e. The number of nitrogens with zero attached hydrogens (tertiary/aromatic N) is 1. The maximum absolute atomic E-state index is 13.2. The van der Waals surface area contributed by atoms with Gasteiger partial charge in [0, 0.05) is 16.5 Å². The molecule has 0 aliphatic rings. The van der Waals surface area contributed by atoms with E-state index in [2.05, 4.69) is 19.7 Å². The Labute approximate surface area is 195 Å². The van der Waals surface area contributed by atoms with Crippen LogP contribution in [0.15, 0.2) is 83.7 Å². The van der Waals surface area contributed by atoms with Crippen LogP contribution in [0.4, 0.5) is 13.2 Å². The van der Waals surface area contributed by atoms with E-state index in [1.165, 1.54) is 18.2 Å². The number of aromatic amines is 2. The van der Waals surface area contributed by atoms with Crippen LogP contribution in [0.1, 0.15) is 16.2 Å². The molecular formula is C26H16F3N3O3. The maximum atomic E-state index is 13.2. The lowest BCUT2D eigenvalue weighted by atomic mass is 9.94. The number of carbonyl (C=O) groups excluding carboxylic acids is 1. The van der Waals surface area contributed by atoms with Gasteiger partial charge < -0.3 is 14.7 Å². The van der Waals surface area contributed by atoms with Gasteiger partial charge in [0.2, 0.25) is 0 Å². The van der Waals surface area contributed by atoms with Gasteiger partial charge in [-0.15, -0.1) is 13.2 Å². The van der Waals surface area contributed by atoms with Crippen molar-refractivity contribution in [1.29, 1.82) is 0 Å². The second-order valence-electron chi connectivity index (χ2n) is 7.66. The van der Waals surface area contributed by atoms with Crippen LogP contribution in [-0.4, -0.2) is 27.1 Å². The highest BCUT2D eigenvalue weighted by atomic mass is 19.4. The molecule has 0 radical (unpaired) electrons. The number of fused-ring (bicyclic) bond motifs is 2. The Morgan fingerprint density at radius 2 is 1.66 bits per heavy atom. The number of para-hydroxylation sites is 2. The minimum atomic E-state index is -4.89. The summed E-state index contributed by atoms with van der Waals surface area (Å²) in [7, 11) is 0. The topological polar surface area (TPSA) is 87.8 Å². The number of benzene rings is 3. The number of alkyl halides is 3. The van der Waals surface area contributed by atoms with E-state index >= 15 is 0 Å². The van der Waals surface area contributed by atoms with E-state index in [1.54, 1.807) is 30.3 Å². The first-order chi connectivity index (χ1) is 16.8. The first kappa shape index (κ1) is 22.1. The highest BCUT2D eigenvalue weighted by molar-refractivity contribution is 6.15. The van der Waals surface area contributed by atoms with Gasteiger partial charge in [0.15, 0.2) is 5.78 Å². The molecule has 0 bridgehead atoms. The third-order valence-electron chi connectivity index (χ3n) is 5.33. The monoisotopic (exact) mass is 475 g/mol. The molecule has 0 saturated heterocycles. The molecular weight excluding hydrogens is 459 g/mol. The van der Waals surface area contributed by atoms with Crippen molar-refractivity contribution in [2.24, 2.45) is 0 Å². The fourth-order valence-electron chi connectivity index (χ4n) is 3.90. The van der Waals surface area contributed by atoms with Crippen LogP contribution in [0.3, 0.4) is 0 Å². The number of ketones is 1. The van der Waals surface area contributed by atoms with E-state index in [4.69, 9.17) is 0 Å². The zero-order chi connectivity index (χ0) is 24.6. The lowest BCUT2D eigenvalue weighted by Gasteiger charge is -2.14. The number of imidazole rings is 1. The quantitative estimate of drug-likeness (QED) is 0.246. The second-order valence-corrected chi connectivity index (χ2v) is 7.66. The molecule has 0 saturated carbocycles. The Hall–Kier alpha value is -4.66. The number of pyridine rings is 1. The Bertz CT molecular complexity index is 1620. The van der Waals surface area contributed by atoms with E-state index in [1.807, 2.05) is 24.3 Å². The minimum absolute atomic E-state index is 0.205. The number of nitrogens with one attached hydrogen (secondary N) is 2. The molecule has 174 valence electrons. The first-order valence-corrected chi connectivity index (χ1v) is 10.5. The lowest BCUT2D eigenvalue weighted by Crippen LogP contribution is -2.19. The van der Waals surface area contributed by atoms with E-state index < -0.39 is 23.5 Å². The maximum Gasteiger partial charge on any atom is 0.573 e. The summed E-state index contributed by atoms with van der Waals surface area (Å²) in [5.74, 6) is -0.682. The average molecular weight is 475 g/mol. The van der Waals surface area contributed by atoms with Gasteiger partial charge in [-0.1, -0.05) is 42.5 Å². The fourth-order valence-corrected chi connectivity index (χ4v) is 3.90. The van der Waals surface area contributed by atoms with Crippen LogP contribution < -0.4 is 10.3 Å². The number of halogens is 3. The van der Waals surface area contributed by atoms with Crippen molar-refractivity contribution >= 4 is 33.8 Å². The van der Waals surface area contributed by atoms with Crippen molar-refractivity contribution in [3.05, 3.63) is 101 Å². The number of rotatable bonds is 5. The second kappa shape index (κ2) is 8.60. The Morgan fingerprint density at radius 1 is 0.914 bits per heavy atom. The van der Waals surface area contributed by atoms with Crippen molar-refractivity contribution in [1.82, 2.24) is 15.0 Å². The zero-order valence-electron chi connectivity index (χ0n) is 17.9. The highest BCUT2D eigenvalue weighted by Gasteiger charge is 2.31. The summed E-state index contributed by atoms with van der Waals surface area (Å²) in [6, 6.07) is 19.4. The molecule has 5 rings (SSSR count). The van der Waals surface area contributed by atoms with Gasteiger partial charge in [-0.25, -0.2) is 4.98 Å². The molecule has 6 nitrogen and oxygen atoms in total. The molecule has 5 aromatic rings. The molecule has 9 heteroatoms. The predicted molar refractivity (Wildman–Crippen MR) is 126 cm³/mol. The number of ether oxygens (including phenoxy) is 1. The molecule has 0 spiro atoms. The summed E-state index contributed by atoms with van der Waals surface area (Å²) in [6.07, 6.45) is -2.24. The summed E-state index contributed by atoms with van der Waals surface area (Å²) in [5.41, 5.74) is 1.58. The smallest absolute Gasteiger partial charge is 0.406 e. The van der Waals surface area contributed by atoms with Crippen molar-refractivity contribution in [2.45, 2.75) is 6.36 Å². The van der Waals surface area contributed by atoms with Gasteiger partial charge in [-0.05, 0) is 48.0 Å². The Kier molecular flexibility index (Phi) is 5.44. The van der Waals surface area contributed by atoms with E-state index in [0.717, 1.165) is 17.6 Å². The van der Waals surface area contributed by atoms with Crippen molar-refractivity contribution in [2.75, 3.05) is 0 Å². The summed E-state index contributed by atoms with van der Waals surface area (Å²) < 4.78 is 42.5. The van der Waals surface area contributed by atoms with Gasteiger partial charge >= 0.3 is 6.36 Å². The van der Waals surface area contributed by atoms with Crippen molar-refractivity contribution in [3.8, 4) is 16.9 Å². The summed E-state index contributed by atoms with van der Waals surface area (Å²) in [6.45, 7) is 0. The van der Waals surface area contributed by atoms with E-state index in [9.17, 15) is 22.8 Å². The van der Waals surface area contributed by atoms with Gasteiger partial charge in [0.1, 0.15) is 11.6 Å². The van der Waals surface area contributed by atoms with Crippen molar-refractivity contribution < 1.29 is 22.7 Å². The van der Waals surface area contributed by atoms with Crippen LogP contribution in [0.5, 0.6) is 5.75 Å². The van der Waals surface area contributed by atoms with Crippen LogP contribution in [0, 0.1) is 0 Å². The van der Waals surface area contributed by atoms with Crippen molar-refractivity contribution in [3.63, 3.8) is 0 Å². The molecule has 0 aliphatic carbocycles. The number of carbonyl (C=O) groups is 1. The molecule has 0 atom stereocenters. The zero-order valence-corrected chi connectivity index (χ0v) is 17.9. The lowest BCUT2D eigenvalue weighted by molar-refractivity contribution is -0.274. The molecule has 35 heavy (non-hydrogen) atoms. The molecule has 2 heterocycles. The number of hydrogen-bond acceptors (Lipinski definition) is 4. The van der Waals surface area contributed by atoms with Crippen LogP contribution in [-0.2, 0) is 0 Å². The summed E-state index contributed by atoms with van der Waals surface area (Å²) in [5, 5.41) is 0.234. The van der Waals surface area contributed by atoms with Gasteiger partial charge in [0.05, 0.1) is 16.6 Å². The molecule has 3 aromatic carbocycles. The first-order valence-electron chi connectivity index (χ1n) is 10.5. The number of aromatic nitrogens is 3. The number of H-pyrrole nitrogens is 2. The molecule has 0 fully saturated rings. The molecule has 2 aromatic heterocycles. The number of hydrogen-bond donors (Lipinski definition) is 2. The predicted octanol–water partition coefficient (Wildman–Crippen LogP) is 5.87. The van der Waals surface area contributed by atoms with Gasteiger partial charge in [0.25, 0.3) is 5.56 Å². The SMILES string of the molecule is O=C(C=Cc1nc2ccccc2[nH]1)c1c(-c2ccccc2)c2cc(OC(F)(F)F)ccc2[nH]c1=O. The molecule has 0 amide bonds. The van der Waals surface area contributed by atoms with Gasteiger partial charge in [-0.2, -0.15) is 0 Å². The van der Waals surface area contributed by atoms with Crippen LogP contribution in [0.2, 0.25) is 0 Å². The van der Waals surface area contributed by atoms with E-state index in [0.29, 0.717) is 16.9 Å². The number of allylic oxidation sites excluding steroid dienone is 1. The summed E-state index contributed by atoms with van der Waals surface area (Å²) >= 11 is 0. The third-order valence-corrected chi connectivity index (χ3v) is 5.33. The normalized spacial score (nSPS) is 12.0. The van der Waals surface area contributed by atoms with E-state index in [-0.39, 0.29) is 22.0 Å². The Morgan fingerprint density at radius 3 is 2.40 bits per heavy atom. The molecule has 0 aliphatic heterocycles. The Balaban J connectivity index is 1.66. The van der Waals surface area contributed by atoms with Gasteiger partial charge in [-0.3, -0.25) is 9.59 Å². The van der Waals surface area contributed by atoms with Crippen LogP contribution >= 0.6 is 0 Å². The highest BCUT2D eigenvalue weighted by Crippen LogP contribution is 2.33.